The van der Waals surface area contributed by atoms with Crippen molar-refractivity contribution in [1.29, 1.82) is 0 Å². The summed E-state index contributed by atoms with van der Waals surface area (Å²) in [5.74, 6) is 1.47. The average Bonchev–Trinajstić information content (AvgIpc) is 3.19. The predicted octanol–water partition coefficient (Wildman–Crippen LogP) is 4.74. The van der Waals surface area contributed by atoms with E-state index in [2.05, 4.69) is 34.4 Å². The summed E-state index contributed by atoms with van der Waals surface area (Å²) in [6, 6.07) is 11.7. The average molecular weight is 478 g/mol. The van der Waals surface area contributed by atoms with E-state index in [1.54, 1.807) is 19.4 Å². The lowest BCUT2D eigenvalue weighted by Gasteiger charge is -2.29. The van der Waals surface area contributed by atoms with E-state index in [-0.39, 0.29) is 11.3 Å². The van der Waals surface area contributed by atoms with Gasteiger partial charge in [0.05, 0.1) is 37.0 Å². The third kappa shape index (κ3) is 4.56. The van der Waals surface area contributed by atoms with Crippen molar-refractivity contribution in [2.24, 2.45) is 5.41 Å². The van der Waals surface area contributed by atoms with Gasteiger partial charge in [0.15, 0.2) is 5.13 Å². The second kappa shape index (κ2) is 8.98. The molecule has 0 aliphatic carbocycles. The van der Waals surface area contributed by atoms with Crippen LogP contribution in [0.4, 0.5) is 22.3 Å². The number of pyridine rings is 1. The minimum absolute atomic E-state index is 0.0355. The number of hydrogen-bond donors (Lipinski definition) is 2. The lowest BCUT2D eigenvalue weighted by atomic mass is 9.88. The van der Waals surface area contributed by atoms with Gasteiger partial charge in [-0.2, -0.15) is 0 Å². The molecule has 34 heavy (non-hydrogen) atoms. The zero-order valence-corrected chi connectivity index (χ0v) is 20.2. The second-order valence-electron chi connectivity index (χ2n) is 9.09. The minimum atomic E-state index is -0.0401. The highest BCUT2D eigenvalue weighted by atomic mass is 32.1. The molecule has 0 radical (unpaired) electrons. The van der Waals surface area contributed by atoms with E-state index < -0.39 is 0 Å². The van der Waals surface area contributed by atoms with Crippen molar-refractivity contribution >= 4 is 45.6 Å². The number of thiazole rings is 1. The quantitative estimate of drug-likeness (QED) is 0.513. The Labute approximate surface area is 202 Å². The topological polar surface area (TPSA) is 88.6 Å². The van der Waals surface area contributed by atoms with Crippen LogP contribution in [0.5, 0.6) is 5.75 Å². The predicted molar refractivity (Wildman–Crippen MR) is 134 cm³/mol. The van der Waals surface area contributed by atoms with Crippen LogP contribution in [-0.2, 0) is 11.2 Å². The van der Waals surface area contributed by atoms with Crippen LogP contribution in [0.15, 0.2) is 42.7 Å². The van der Waals surface area contributed by atoms with E-state index in [1.807, 2.05) is 36.4 Å². The maximum Gasteiger partial charge on any atom is 0.263 e. The molecule has 4 heterocycles. The van der Waals surface area contributed by atoms with Gasteiger partial charge in [0.1, 0.15) is 23.1 Å². The van der Waals surface area contributed by atoms with Crippen LogP contribution in [0.3, 0.4) is 0 Å². The van der Waals surface area contributed by atoms with Crippen molar-refractivity contribution in [2.75, 3.05) is 37.0 Å². The molecule has 176 valence electrons. The number of benzene rings is 1. The Morgan fingerprint density at radius 1 is 1.26 bits per heavy atom. The van der Waals surface area contributed by atoms with E-state index in [9.17, 15) is 4.79 Å². The molecule has 0 unspecified atom stereocenters. The number of rotatable bonds is 5. The number of nitrogens with zero attached hydrogens (tertiary/aromatic N) is 3. The lowest BCUT2D eigenvalue weighted by molar-refractivity contribution is 0.0948. The fraction of sp³-hybridized carbons (Fsp3) is 0.320. The first kappa shape index (κ1) is 22.2. The molecule has 9 heteroatoms. The van der Waals surface area contributed by atoms with Crippen molar-refractivity contribution < 1.29 is 14.3 Å². The van der Waals surface area contributed by atoms with Crippen LogP contribution < -0.4 is 20.3 Å². The van der Waals surface area contributed by atoms with Crippen molar-refractivity contribution in [2.45, 2.75) is 20.3 Å². The van der Waals surface area contributed by atoms with Gasteiger partial charge in [-0.25, -0.2) is 9.97 Å². The highest BCUT2D eigenvalue weighted by Gasteiger charge is 2.32. The van der Waals surface area contributed by atoms with Gasteiger partial charge in [0, 0.05) is 12.2 Å². The van der Waals surface area contributed by atoms with Crippen molar-refractivity contribution in [3.63, 3.8) is 0 Å². The van der Waals surface area contributed by atoms with Gasteiger partial charge in [-0.3, -0.25) is 4.79 Å². The fourth-order valence-electron chi connectivity index (χ4n) is 4.06. The molecule has 2 aliphatic heterocycles. The summed E-state index contributed by atoms with van der Waals surface area (Å²) >= 11 is 1.44. The molecule has 0 saturated carbocycles. The molecule has 2 aliphatic rings. The monoisotopic (exact) mass is 477 g/mol. The van der Waals surface area contributed by atoms with Gasteiger partial charge in [-0.15, -0.1) is 0 Å². The standard InChI is InChI=1S/C25H27N5O3S/c1-25(2)14-18-22(23(31)26-15-25)34-24(29-18)30-10-12-33-20-8-7-17(13-19(20)30)28-21-6-4-5-16(27-21)9-11-32-3/h4-9,11,13H,10,12,14-15H2,1-3H3,(H,26,31)(H,27,28). The van der Waals surface area contributed by atoms with E-state index in [0.717, 1.165) is 45.9 Å². The summed E-state index contributed by atoms with van der Waals surface area (Å²) in [5.41, 5.74) is 3.42. The maximum absolute atomic E-state index is 12.7. The third-order valence-corrected chi connectivity index (χ3v) is 6.86. The Balaban J connectivity index is 1.45. The Hall–Kier alpha value is -3.59. The number of anilines is 4. The third-order valence-electron chi connectivity index (χ3n) is 5.74. The van der Waals surface area contributed by atoms with Crippen LogP contribution >= 0.6 is 11.3 Å². The molecule has 0 saturated heterocycles. The Morgan fingerprint density at radius 2 is 2.15 bits per heavy atom. The van der Waals surface area contributed by atoms with E-state index in [4.69, 9.17) is 14.5 Å². The summed E-state index contributed by atoms with van der Waals surface area (Å²) in [4.78, 5) is 25.0. The van der Waals surface area contributed by atoms with Crippen molar-refractivity contribution in [1.82, 2.24) is 15.3 Å². The van der Waals surface area contributed by atoms with Crippen molar-refractivity contribution in [3.8, 4) is 5.75 Å². The van der Waals surface area contributed by atoms with E-state index in [1.165, 1.54) is 11.3 Å². The first-order valence-corrected chi connectivity index (χ1v) is 12.0. The molecular weight excluding hydrogens is 450 g/mol. The smallest absolute Gasteiger partial charge is 0.263 e. The SMILES string of the molecule is COC=Cc1cccc(Nc2ccc3c(c2)N(c2nc4c(s2)C(=O)NCC(C)(C)C4)CCO3)n1. The maximum atomic E-state index is 12.7. The molecule has 1 aromatic carbocycles. The number of methoxy groups -OCH3 is 1. The number of fused-ring (bicyclic) bond motifs is 2. The number of ether oxygens (including phenoxy) is 2. The number of hydrogen-bond acceptors (Lipinski definition) is 8. The van der Waals surface area contributed by atoms with Gasteiger partial charge >= 0.3 is 0 Å². The minimum Gasteiger partial charge on any atom is -0.504 e. The highest BCUT2D eigenvalue weighted by molar-refractivity contribution is 7.17. The molecule has 2 aromatic heterocycles. The molecule has 8 nitrogen and oxygen atoms in total. The molecule has 0 spiro atoms. The van der Waals surface area contributed by atoms with Gasteiger partial charge in [0.25, 0.3) is 5.91 Å². The van der Waals surface area contributed by atoms with Crippen LogP contribution in [-0.4, -0.2) is 42.7 Å². The summed E-state index contributed by atoms with van der Waals surface area (Å²) < 4.78 is 10.9. The number of amides is 1. The number of carbonyl (C=O) groups is 1. The molecule has 1 amide bonds. The molecule has 2 N–H and O–H groups in total. The molecular formula is C25H27N5O3S. The Kier molecular flexibility index (Phi) is 5.87. The number of nitrogens with one attached hydrogen (secondary N) is 2. The first-order chi connectivity index (χ1) is 16.4. The highest BCUT2D eigenvalue weighted by Crippen LogP contribution is 2.42. The van der Waals surface area contributed by atoms with Gasteiger partial charge in [0.2, 0.25) is 0 Å². The summed E-state index contributed by atoms with van der Waals surface area (Å²) in [6.45, 7) is 6.16. The van der Waals surface area contributed by atoms with Gasteiger partial charge in [-0.05, 0) is 48.2 Å². The summed E-state index contributed by atoms with van der Waals surface area (Å²) in [6.07, 6.45) is 4.16. The fourth-order valence-corrected chi connectivity index (χ4v) is 5.10. The first-order valence-electron chi connectivity index (χ1n) is 11.2. The summed E-state index contributed by atoms with van der Waals surface area (Å²) in [7, 11) is 1.60. The summed E-state index contributed by atoms with van der Waals surface area (Å²) in [5, 5.41) is 7.22. The molecule has 3 aromatic rings. The van der Waals surface area contributed by atoms with Gasteiger partial charge < -0.3 is 25.0 Å². The van der Waals surface area contributed by atoms with E-state index in [0.29, 0.717) is 24.6 Å². The largest absolute Gasteiger partial charge is 0.504 e. The van der Waals surface area contributed by atoms with Crippen LogP contribution in [0.2, 0.25) is 0 Å². The normalized spacial score (nSPS) is 16.8. The zero-order chi connectivity index (χ0) is 23.7. The van der Waals surface area contributed by atoms with E-state index >= 15 is 0 Å². The van der Waals surface area contributed by atoms with Crippen LogP contribution in [0.1, 0.15) is 34.9 Å². The molecule has 5 rings (SSSR count). The second-order valence-corrected chi connectivity index (χ2v) is 10.1. The molecule has 0 atom stereocenters. The molecule has 0 bridgehead atoms. The van der Waals surface area contributed by atoms with Gasteiger partial charge in [-0.1, -0.05) is 31.3 Å². The molecule has 0 fully saturated rings. The lowest BCUT2D eigenvalue weighted by Crippen LogP contribution is -2.32. The number of carbonyl (C=O) groups excluding carboxylic acids is 1. The number of aromatic nitrogens is 2. The Morgan fingerprint density at radius 3 is 3.00 bits per heavy atom. The Bertz CT molecular complexity index is 1250. The van der Waals surface area contributed by atoms with Crippen LogP contribution in [0, 0.1) is 5.41 Å². The zero-order valence-electron chi connectivity index (χ0n) is 19.4. The van der Waals surface area contributed by atoms with Crippen molar-refractivity contribution in [3.05, 3.63) is 58.9 Å². The van der Waals surface area contributed by atoms with Crippen LogP contribution in [0.25, 0.3) is 6.08 Å².